The third-order valence-electron chi connectivity index (χ3n) is 3.95. The predicted octanol–water partition coefficient (Wildman–Crippen LogP) is 1.20. The molecule has 0 spiro atoms. The van der Waals surface area contributed by atoms with Gasteiger partial charge in [0.05, 0.1) is 0 Å². The third-order valence-corrected chi connectivity index (χ3v) is 3.95. The van der Waals surface area contributed by atoms with E-state index in [1.54, 1.807) is 0 Å². The first-order valence-corrected chi connectivity index (χ1v) is 7.07. The van der Waals surface area contributed by atoms with Crippen LogP contribution in [0.15, 0.2) is 0 Å². The molecule has 2 rings (SSSR count). The first-order valence-electron chi connectivity index (χ1n) is 7.07. The summed E-state index contributed by atoms with van der Waals surface area (Å²) in [6.45, 7) is 8.58. The van der Waals surface area contributed by atoms with Crippen molar-refractivity contribution in [1.29, 1.82) is 0 Å². The molecule has 2 saturated heterocycles. The molecule has 0 radical (unpaired) electrons. The molecule has 2 heterocycles. The smallest absolute Gasteiger partial charge is 0.0207 e. The molecule has 2 fully saturated rings. The molecule has 2 aliphatic rings. The number of rotatable bonds is 5. The summed E-state index contributed by atoms with van der Waals surface area (Å²) in [6, 6.07) is 1.52. The van der Waals surface area contributed by atoms with Crippen LogP contribution in [0, 0.1) is 0 Å². The minimum absolute atomic E-state index is 0.743. The van der Waals surface area contributed by atoms with Crippen LogP contribution in [-0.4, -0.2) is 49.7 Å². The maximum atomic E-state index is 3.81. The van der Waals surface area contributed by atoms with E-state index in [-0.39, 0.29) is 0 Å². The molecule has 2 aliphatic heterocycles. The van der Waals surface area contributed by atoms with Crippen molar-refractivity contribution in [2.75, 3.05) is 32.7 Å². The highest BCUT2D eigenvalue weighted by Crippen LogP contribution is 2.12. The fourth-order valence-corrected chi connectivity index (χ4v) is 2.84. The SMILES string of the molecule is CCCCN1CCC(NC2CCNC2)CC1. The van der Waals surface area contributed by atoms with Gasteiger partial charge in [0.25, 0.3) is 0 Å². The van der Waals surface area contributed by atoms with Crippen LogP contribution in [0.1, 0.15) is 39.0 Å². The van der Waals surface area contributed by atoms with E-state index in [9.17, 15) is 0 Å². The van der Waals surface area contributed by atoms with Gasteiger partial charge in [0.2, 0.25) is 0 Å². The van der Waals surface area contributed by atoms with Gasteiger partial charge in [-0.15, -0.1) is 0 Å². The maximum Gasteiger partial charge on any atom is 0.0207 e. The van der Waals surface area contributed by atoms with Crippen molar-refractivity contribution in [3.05, 3.63) is 0 Å². The largest absolute Gasteiger partial charge is 0.315 e. The van der Waals surface area contributed by atoms with Gasteiger partial charge in [-0.1, -0.05) is 13.3 Å². The first kappa shape index (κ1) is 12.3. The molecule has 3 heteroatoms. The molecule has 0 aromatic carbocycles. The van der Waals surface area contributed by atoms with E-state index < -0.39 is 0 Å². The Balaban J connectivity index is 1.60. The van der Waals surface area contributed by atoms with Crippen LogP contribution in [0.4, 0.5) is 0 Å². The summed E-state index contributed by atoms with van der Waals surface area (Å²) in [5.41, 5.74) is 0. The lowest BCUT2D eigenvalue weighted by atomic mass is 10.0. The Kier molecular flexibility index (Phi) is 5.07. The fraction of sp³-hybridized carbons (Fsp3) is 1.00. The van der Waals surface area contributed by atoms with Crippen LogP contribution in [0.2, 0.25) is 0 Å². The van der Waals surface area contributed by atoms with Crippen LogP contribution in [0.5, 0.6) is 0 Å². The molecular weight excluding hydrogens is 198 g/mol. The Bertz CT molecular complexity index is 182. The van der Waals surface area contributed by atoms with Crippen molar-refractivity contribution in [2.24, 2.45) is 0 Å². The van der Waals surface area contributed by atoms with E-state index in [4.69, 9.17) is 0 Å². The average Bonchev–Trinajstić information content (AvgIpc) is 2.81. The van der Waals surface area contributed by atoms with Crippen LogP contribution < -0.4 is 10.6 Å². The lowest BCUT2D eigenvalue weighted by Gasteiger charge is -2.33. The molecule has 16 heavy (non-hydrogen) atoms. The van der Waals surface area contributed by atoms with Gasteiger partial charge in [-0.3, -0.25) is 0 Å². The summed E-state index contributed by atoms with van der Waals surface area (Å²) in [7, 11) is 0. The van der Waals surface area contributed by atoms with Crippen molar-refractivity contribution in [1.82, 2.24) is 15.5 Å². The van der Waals surface area contributed by atoms with Crippen LogP contribution in [0.3, 0.4) is 0 Å². The molecule has 1 atom stereocenters. The molecule has 94 valence electrons. The normalized spacial score (nSPS) is 28.7. The molecule has 2 N–H and O–H groups in total. The summed E-state index contributed by atoms with van der Waals surface area (Å²) >= 11 is 0. The topological polar surface area (TPSA) is 27.3 Å². The predicted molar refractivity (Wildman–Crippen MR) is 68.8 cm³/mol. The number of hydrogen-bond acceptors (Lipinski definition) is 3. The van der Waals surface area contributed by atoms with Gasteiger partial charge in [-0.05, 0) is 51.9 Å². The van der Waals surface area contributed by atoms with Gasteiger partial charge < -0.3 is 15.5 Å². The van der Waals surface area contributed by atoms with Gasteiger partial charge in [-0.25, -0.2) is 0 Å². The standard InChI is InChI=1S/C13H27N3/c1-2-3-8-16-9-5-12(6-10-16)15-13-4-7-14-11-13/h12-15H,2-11H2,1H3. The second-order valence-electron chi connectivity index (χ2n) is 5.33. The molecule has 0 aromatic heterocycles. The molecule has 0 aliphatic carbocycles. The van der Waals surface area contributed by atoms with Crippen molar-refractivity contribution in [3.8, 4) is 0 Å². The number of unbranched alkanes of at least 4 members (excludes halogenated alkanes) is 1. The molecule has 0 aromatic rings. The molecule has 0 amide bonds. The average molecular weight is 225 g/mol. The van der Waals surface area contributed by atoms with Gasteiger partial charge >= 0.3 is 0 Å². The van der Waals surface area contributed by atoms with Crippen molar-refractivity contribution < 1.29 is 0 Å². The minimum Gasteiger partial charge on any atom is -0.315 e. The van der Waals surface area contributed by atoms with Crippen molar-refractivity contribution in [2.45, 2.75) is 51.1 Å². The maximum absolute atomic E-state index is 3.81. The van der Waals surface area contributed by atoms with E-state index in [1.165, 1.54) is 64.8 Å². The first-order chi connectivity index (χ1) is 7.88. The summed E-state index contributed by atoms with van der Waals surface area (Å²) < 4.78 is 0. The summed E-state index contributed by atoms with van der Waals surface area (Å²) in [5, 5.41) is 7.23. The number of piperidine rings is 1. The molecule has 3 nitrogen and oxygen atoms in total. The molecule has 1 unspecified atom stereocenters. The van der Waals surface area contributed by atoms with Crippen LogP contribution in [-0.2, 0) is 0 Å². The molecule has 0 saturated carbocycles. The minimum atomic E-state index is 0.743. The number of hydrogen-bond donors (Lipinski definition) is 2. The Hall–Kier alpha value is -0.120. The van der Waals surface area contributed by atoms with Crippen LogP contribution in [0.25, 0.3) is 0 Å². The van der Waals surface area contributed by atoms with E-state index in [0.29, 0.717) is 0 Å². The number of nitrogens with zero attached hydrogens (tertiary/aromatic N) is 1. The zero-order valence-electron chi connectivity index (χ0n) is 10.7. The summed E-state index contributed by atoms with van der Waals surface area (Å²) in [4.78, 5) is 2.63. The zero-order valence-corrected chi connectivity index (χ0v) is 10.7. The highest BCUT2D eigenvalue weighted by atomic mass is 15.1. The van der Waals surface area contributed by atoms with Crippen molar-refractivity contribution >= 4 is 0 Å². The molecule has 0 bridgehead atoms. The fourth-order valence-electron chi connectivity index (χ4n) is 2.84. The lowest BCUT2D eigenvalue weighted by Crippen LogP contribution is -2.46. The Labute approximate surface area is 100.0 Å². The molecular formula is C13H27N3. The van der Waals surface area contributed by atoms with Gasteiger partial charge in [0.15, 0.2) is 0 Å². The van der Waals surface area contributed by atoms with Crippen molar-refractivity contribution in [3.63, 3.8) is 0 Å². The van der Waals surface area contributed by atoms with E-state index >= 15 is 0 Å². The number of nitrogens with one attached hydrogen (secondary N) is 2. The second kappa shape index (κ2) is 6.58. The quantitative estimate of drug-likeness (QED) is 0.736. The van der Waals surface area contributed by atoms with E-state index in [2.05, 4.69) is 22.5 Å². The Morgan fingerprint density at radius 3 is 2.62 bits per heavy atom. The second-order valence-corrected chi connectivity index (χ2v) is 5.33. The number of likely N-dealkylation sites (tertiary alicyclic amines) is 1. The van der Waals surface area contributed by atoms with Crippen LogP contribution >= 0.6 is 0 Å². The highest BCUT2D eigenvalue weighted by Gasteiger charge is 2.22. The Morgan fingerprint density at radius 1 is 1.19 bits per heavy atom. The monoisotopic (exact) mass is 225 g/mol. The van der Waals surface area contributed by atoms with E-state index in [1.807, 2.05) is 0 Å². The van der Waals surface area contributed by atoms with Gasteiger partial charge in [-0.2, -0.15) is 0 Å². The van der Waals surface area contributed by atoms with E-state index in [0.717, 1.165) is 12.1 Å². The highest BCUT2D eigenvalue weighted by molar-refractivity contribution is 4.84. The summed E-state index contributed by atoms with van der Waals surface area (Å²) in [6.07, 6.45) is 6.70. The lowest BCUT2D eigenvalue weighted by molar-refractivity contribution is 0.190. The Morgan fingerprint density at radius 2 is 2.00 bits per heavy atom. The zero-order chi connectivity index (χ0) is 11.2. The third kappa shape index (κ3) is 3.72. The summed E-state index contributed by atoms with van der Waals surface area (Å²) in [5.74, 6) is 0. The van der Waals surface area contributed by atoms with Gasteiger partial charge in [0.1, 0.15) is 0 Å². The van der Waals surface area contributed by atoms with Gasteiger partial charge in [0, 0.05) is 18.6 Å².